The molecular formula is C16H12O3. The second-order valence-electron chi connectivity index (χ2n) is 3.98. The van der Waals surface area contributed by atoms with Crippen molar-refractivity contribution < 1.29 is 14.7 Å². The lowest BCUT2D eigenvalue weighted by atomic mass is 10.0. The summed E-state index contributed by atoms with van der Waals surface area (Å²) in [5.74, 6) is -1.45. The maximum Gasteiger partial charge on any atom is 0.328 e. The van der Waals surface area contributed by atoms with Gasteiger partial charge >= 0.3 is 5.97 Å². The van der Waals surface area contributed by atoms with Crippen molar-refractivity contribution in [3.63, 3.8) is 0 Å². The van der Waals surface area contributed by atoms with Crippen LogP contribution in [0.15, 0.2) is 66.7 Å². The molecule has 2 rings (SSSR count). The molecule has 0 aliphatic carbocycles. The van der Waals surface area contributed by atoms with Crippen molar-refractivity contribution in [1.82, 2.24) is 0 Å². The van der Waals surface area contributed by atoms with Gasteiger partial charge in [0.25, 0.3) is 0 Å². The van der Waals surface area contributed by atoms with E-state index in [0.717, 1.165) is 23.3 Å². The van der Waals surface area contributed by atoms with Gasteiger partial charge in [-0.05, 0) is 17.2 Å². The summed E-state index contributed by atoms with van der Waals surface area (Å²) < 4.78 is 0. The van der Waals surface area contributed by atoms with Crippen LogP contribution in [0.25, 0.3) is 11.1 Å². The molecule has 0 aliphatic rings. The second-order valence-corrected chi connectivity index (χ2v) is 3.98. The third-order valence-corrected chi connectivity index (χ3v) is 2.65. The number of aliphatic carboxylic acids is 1. The third kappa shape index (κ3) is 3.39. The number of hydrogen-bond donors (Lipinski definition) is 1. The van der Waals surface area contributed by atoms with E-state index in [4.69, 9.17) is 5.11 Å². The molecule has 0 atom stereocenters. The van der Waals surface area contributed by atoms with Crippen LogP contribution in [-0.2, 0) is 4.79 Å². The van der Waals surface area contributed by atoms with Crippen LogP contribution >= 0.6 is 0 Å². The van der Waals surface area contributed by atoms with Gasteiger partial charge in [0.2, 0.25) is 0 Å². The van der Waals surface area contributed by atoms with E-state index in [9.17, 15) is 9.59 Å². The van der Waals surface area contributed by atoms with E-state index in [0.29, 0.717) is 5.56 Å². The summed E-state index contributed by atoms with van der Waals surface area (Å²) in [5, 5.41) is 8.46. The van der Waals surface area contributed by atoms with Gasteiger partial charge in [-0.15, -0.1) is 0 Å². The molecule has 0 unspecified atom stereocenters. The van der Waals surface area contributed by atoms with Crippen LogP contribution < -0.4 is 0 Å². The number of carboxylic acids is 1. The zero-order valence-electron chi connectivity index (χ0n) is 10.1. The van der Waals surface area contributed by atoms with Gasteiger partial charge in [0.05, 0.1) is 0 Å². The summed E-state index contributed by atoms with van der Waals surface area (Å²) in [6.45, 7) is 0. The van der Waals surface area contributed by atoms with E-state index in [-0.39, 0.29) is 5.78 Å². The average Bonchev–Trinajstić information content (AvgIpc) is 2.46. The molecule has 0 radical (unpaired) electrons. The normalized spacial score (nSPS) is 10.5. The van der Waals surface area contributed by atoms with Crippen molar-refractivity contribution >= 4 is 11.8 Å². The Kier molecular flexibility index (Phi) is 3.88. The van der Waals surface area contributed by atoms with Gasteiger partial charge in [-0.1, -0.05) is 54.6 Å². The molecule has 0 heterocycles. The maximum absolute atomic E-state index is 11.6. The van der Waals surface area contributed by atoms with Gasteiger partial charge in [0, 0.05) is 11.6 Å². The van der Waals surface area contributed by atoms with E-state index in [2.05, 4.69) is 0 Å². The molecule has 0 saturated heterocycles. The number of rotatable bonds is 4. The molecule has 0 saturated carbocycles. The summed E-state index contributed by atoms with van der Waals surface area (Å²) >= 11 is 0. The standard InChI is InChI=1S/C16H12O3/c17-15(10-11-16(18)19)14-8-6-13(7-9-14)12-4-2-1-3-5-12/h1-11H,(H,18,19). The first-order valence-corrected chi connectivity index (χ1v) is 5.77. The van der Waals surface area contributed by atoms with Gasteiger partial charge in [-0.2, -0.15) is 0 Å². The highest BCUT2D eigenvalue weighted by Crippen LogP contribution is 2.19. The maximum atomic E-state index is 11.6. The summed E-state index contributed by atoms with van der Waals surface area (Å²) in [7, 11) is 0. The molecule has 1 N–H and O–H groups in total. The predicted molar refractivity (Wildman–Crippen MR) is 73.0 cm³/mol. The summed E-state index contributed by atoms with van der Waals surface area (Å²) in [4.78, 5) is 22.0. The van der Waals surface area contributed by atoms with E-state index in [1.54, 1.807) is 12.1 Å². The van der Waals surface area contributed by atoms with Gasteiger partial charge in [-0.25, -0.2) is 4.79 Å². The Morgan fingerprint density at radius 3 is 1.95 bits per heavy atom. The minimum Gasteiger partial charge on any atom is -0.478 e. The Bertz CT molecular complexity index is 610. The van der Waals surface area contributed by atoms with Crippen LogP contribution in [0, 0.1) is 0 Å². The second kappa shape index (κ2) is 5.78. The zero-order valence-corrected chi connectivity index (χ0v) is 10.1. The zero-order chi connectivity index (χ0) is 13.7. The molecule has 94 valence electrons. The highest BCUT2D eigenvalue weighted by Gasteiger charge is 2.03. The summed E-state index contributed by atoms with van der Waals surface area (Å²) in [6.07, 6.45) is 1.90. The van der Waals surface area contributed by atoms with Crippen LogP contribution in [0.3, 0.4) is 0 Å². The smallest absolute Gasteiger partial charge is 0.328 e. The van der Waals surface area contributed by atoms with Crippen molar-refractivity contribution in [2.45, 2.75) is 0 Å². The van der Waals surface area contributed by atoms with Gasteiger partial charge < -0.3 is 5.11 Å². The summed E-state index contributed by atoms with van der Waals surface area (Å²) in [6, 6.07) is 16.9. The Morgan fingerprint density at radius 2 is 1.37 bits per heavy atom. The van der Waals surface area contributed by atoms with Gasteiger partial charge in [0.1, 0.15) is 0 Å². The van der Waals surface area contributed by atoms with Crippen LogP contribution in [0.5, 0.6) is 0 Å². The van der Waals surface area contributed by atoms with Crippen molar-refractivity contribution in [2.24, 2.45) is 0 Å². The lowest BCUT2D eigenvalue weighted by Crippen LogP contribution is -1.96. The minimum absolute atomic E-state index is 0.318. The molecule has 0 fully saturated rings. The molecule has 0 bridgehead atoms. The van der Waals surface area contributed by atoms with Gasteiger partial charge in [0.15, 0.2) is 5.78 Å². The van der Waals surface area contributed by atoms with Crippen LogP contribution in [0.2, 0.25) is 0 Å². The fraction of sp³-hybridized carbons (Fsp3) is 0. The third-order valence-electron chi connectivity index (χ3n) is 2.65. The predicted octanol–water partition coefficient (Wildman–Crippen LogP) is 3.18. The molecule has 0 aromatic heterocycles. The molecule has 0 amide bonds. The van der Waals surface area contributed by atoms with Gasteiger partial charge in [-0.3, -0.25) is 4.79 Å². The molecule has 2 aromatic rings. The summed E-state index contributed by atoms with van der Waals surface area (Å²) in [5.41, 5.74) is 2.55. The number of carboxylic acid groups (broad SMARTS) is 1. The molecule has 3 nitrogen and oxygen atoms in total. The lowest BCUT2D eigenvalue weighted by Gasteiger charge is -2.02. The number of carbonyl (C=O) groups excluding carboxylic acids is 1. The topological polar surface area (TPSA) is 54.4 Å². The number of hydrogen-bond acceptors (Lipinski definition) is 2. The first-order valence-electron chi connectivity index (χ1n) is 5.77. The molecule has 19 heavy (non-hydrogen) atoms. The quantitative estimate of drug-likeness (QED) is 0.671. The average molecular weight is 252 g/mol. The molecule has 3 heteroatoms. The van der Waals surface area contributed by atoms with E-state index in [1.807, 2.05) is 42.5 Å². The Labute approximate surface area is 110 Å². The van der Waals surface area contributed by atoms with Crippen LogP contribution in [-0.4, -0.2) is 16.9 Å². The number of allylic oxidation sites excluding steroid dienone is 1. The number of ketones is 1. The Morgan fingerprint density at radius 1 is 0.789 bits per heavy atom. The number of carbonyl (C=O) groups is 2. The SMILES string of the molecule is O=C(O)C=CC(=O)c1ccc(-c2ccccc2)cc1. The first-order chi connectivity index (χ1) is 9.16. The van der Waals surface area contributed by atoms with Crippen molar-refractivity contribution in [2.75, 3.05) is 0 Å². The molecule has 0 aliphatic heterocycles. The van der Waals surface area contributed by atoms with Crippen LogP contribution in [0.1, 0.15) is 10.4 Å². The Balaban J connectivity index is 2.19. The molecule has 0 spiro atoms. The number of benzene rings is 2. The largest absolute Gasteiger partial charge is 0.478 e. The minimum atomic E-state index is -1.13. The van der Waals surface area contributed by atoms with Crippen molar-refractivity contribution in [3.05, 3.63) is 72.3 Å². The van der Waals surface area contributed by atoms with Crippen molar-refractivity contribution in [1.29, 1.82) is 0 Å². The van der Waals surface area contributed by atoms with Crippen molar-refractivity contribution in [3.8, 4) is 11.1 Å². The Hall–Kier alpha value is -2.68. The fourth-order valence-electron chi connectivity index (χ4n) is 1.70. The van der Waals surface area contributed by atoms with E-state index < -0.39 is 5.97 Å². The lowest BCUT2D eigenvalue weighted by molar-refractivity contribution is -0.131. The highest BCUT2D eigenvalue weighted by molar-refractivity contribution is 6.07. The highest BCUT2D eigenvalue weighted by atomic mass is 16.4. The first kappa shape index (κ1) is 12.8. The fourth-order valence-corrected chi connectivity index (χ4v) is 1.70. The molecular weight excluding hydrogens is 240 g/mol. The van der Waals surface area contributed by atoms with E-state index >= 15 is 0 Å². The van der Waals surface area contributed by atoms with Crippen LogP contribution in [0.4, 0.5) is 0 Å². The monoisotopic (exact) mass is 252 g/mol. The van der Waals surface area contributed by atoms with E-state index in [1.165, 1.54) is 0 Å². The molecule has 2 aromatic carbocycles.